The molecule has 0 spiro atoms. The van der Waals surface area contributed by atoms with Crippen molar-refractivity contribution < 1.29 is 69.3 Å². The van der Waals surface area contributed by atoms with Crippen LogP contribution in [0.15, 0.2) is 39.5 Å². The van der Waals surface area contributed by atoms with Crippen LogP contribution in [-0.4, -0.2) is 115 Å². The van der Waals surface area contributed by atoms with Crippen molar-refractivity contribution in [2.75, 3.05) is 13.7 Å². The van der Waals surface area contributed by atoms with Gasteiger partial charge in [-0.05, 0) is 30.5 Å². The van der Waals surface area contributed by atoms with Crippen molar-refractivity contribution in [1.29, 1.82) is 0 Å². The number of fused-ring (bicyclic) bond motifs is 1. The summed E-state index contributed by atoms with van der Waals surface area (Å²) in [5.74, 6) is -2.54. The maximum atomic E-state index is 12.7. The van der Waals surface area contributed by atoms with Crippen LogP contribution < -0.4 is 14.9 Å². The molecule has 1 saturated carbocycles. The summed E-state index contributed by atoms with van der Waals surface area (Å²) in [4.78, 5) is 12.7. The van der Waals surface area contributed by atoms with E-state index in [1.54, 1.807) is 6.92 Å². The zero-order chi connectivity index (χ0) is 32.0. The van der Waals surface area contributed by atoms with E-state index in [1.165, 1.54) is 25.3 Å². The van der Waals surface area contributed by atoms with Gasteiger partial charge < -0.3 is 69.3 Å². The van der Waals surface area contributed by atoms with Crippen molar-refractivity contribution in [2.45, 2.75) is 68.5 Å². The molecule has 0 radical (unpaired) electrons. The number of rotatable bonds is 7. The smallest absolute Gasteiger partial charge is 0.238 e. The summed E-state index contributed by atoms with van der Waals surface area (Å²) in [5, 5.41) is 92.4. The van der Waals surface area contributed by atoms with Crippen LogP contribution in [0.2, 0.25) is 0 Å². The number of aliphatic hydroxyl groups is 6. The second-order valence-electron chi connectivity index (χ2n) is 11.0. The monoisotopic (exact) mass is 622 g/mol. The van der Waals surface area contributed by atoms with Crippen LogP contribution in [0.25, 0.3) is 22.3 Å². The van der Waals surface area contributed by atoms with Crippen LogP contribution in [-0.2, 0) is 9.47 Å². The average molecular weight is 623 g/mol. The van der Waals surface area contributed by atoms with Gasteiger partial charge in [0.15, 0.2) is 17.3 Å². The average Bonchev–Trinajstić information content (AvgIpc) is 2.99. The Morgan fingerprint density at radius 3 is 2.32 bits per heavy atom. The number of benzene rings is 2. The van der Waals surface area contributed by atoms with E-state index in [1.807, 2.05) is 0 Å². The molecule has 44 heavy (non-hydrogen) atoms. The number of phenolic OH excluding ortho intramolecular Hbond substituents is 2. The van der Waals surface area contributed by atoms with E-state index in [-0.39, 0.29) is 46.0 Å². The minimum absolute atomic E-state index is 0.0134. The molecule has 10 atom stereocenters. The van der Waals surface area contributed by atoms with Crippen molar-refractivity contribution in [2.24, 2.45) is 5.92 Å². The van der Waals surface area contributed by atoms with Crippen molar-refractivity contribution in [1.82, 2.24) is 0 Å². The van der Waals surface area contributed by atoms with Crippen LogP contribution in [0.4, 0.5) is 0 Å². The predicted molar refractivity (Wildman–Crippen MR) is 148 cm³/mol. The van der Waals surface area contributed by atoms with Gasteiger partial charge in [-0.3, -0.25) is 4.79 Å². The Labute approximate surface area is 249 Å². The molecule has 1 saturated heterocycles. The Hall–Kier alpha value is -3.67. The van der Waals surface area contributed by atoms with Gasteiger partial charge in [-0.2, -0.15) is 0 Å². The van der Waals surface area contributed by atoms with Crippen LogP contribution in [0, 0.1) is 5.92 Å². The van der Waals surface area contributed by atoms with Gasteiger partial charge in [0.05, 0.1) is 25.9 Å². The fourth-order valence-electron chi connectivity index (χ4n) is 5.56. The van der Waals surface area contributed by atoms with Crippen molar-refractivity contribution >= 4 is 11.0 Å². The van der Waals surface area contributed by atoms with Crippen molar-refractivity contribution in [3.8, 4) is 40.1 Å². The van der Waals surface area contributed by atoms with E-state index in [0.717, 1.165) is 12.1 Å². The topological polar surface area (TPSA) is 249 Å². The Balaban J connectivity index is 1.38. The van der Waals surface area contributed by atoms with E-state index in [2.05, 4.69) is 0 Å². The molecular weight excluding hydrogens is 588 g/mol. The van der Waals surface area contributed by atoms with Gasteiger partial charge in [-0.15, -0.1) is 0 Å². The lowest BCUT2D eigenvalue weighted by Gasteiger charge is -2.45. The number of phenols is 2. The van der Waals surface area contributed by atoms with Gasteiger partial charge in [-0.1, -0.05) is 6.92 Å². The number of aliphatic hydroxyl groups excluding tert-OH is 6. The molecule has 1 aliphatic heterocycles. The molecule has 3 aromatic rings. The zero-order valence-corrected chi connectivity index (χ0v) is 23.5. The second kappa shape index (κ2) is 12.4. The van der Waals surface area contributed by atoms with E-state index in [4.69, 9.17) is 23.4 Å². The summed E-state index contributed by atoms with van der Waals surface area (Å²) in [6.07, 6.45) is -12.7. The van der Waals surface area contributed by atoms with Gasteiger partial charge in [0.2, 0.25) is 17.5 Å². The summed E-state index contributed by atoms with van der Waals surface area (Å²) in [7, 11) is 1.29. The highest BCUT2D eigenvalue weighted by Crippen LogP contribution is 2.40. The molecule has 2 aliphatic rings. The molecule has 9 N–H and O–H groups in total. The molecule has 0 bridgehead atoms. The number of hydrogen-bond donors (Lipinski definition) is 9. The Morgan fingerprint density at radius 2 is 1.64 bits per heavy atom. The summed E-state index contributed by atoms with van der Waals surface area (Å²) in [6.45, 7) is 0.967. The van der Waals surface area contributed by atoms with Crippen LogP contribution in [0.5, 0.6) is 28.7 Å². The number of ether oxygens (including phenoxy) is 4. The van der Waals surface area contributed by atoms with Crippen LogP contribution in [0.3, 0.4) is 0 Å². The molecule has 2 heterocycles. The molecule has 1 aromatic heterocycles. The fourth-order valence-corrected chi connectivity index (χ4v) is 5.56. The molecule has 0 amide bonds. The van der Waals surface area contributed by atoms with Gasteiger partial charge in [-0.25, -0.2) is 0 Å². The first-order valence-corrected chi connectivity index (χ1v) is 13.7. The predicted octanol–water partition coefficient (Wildman–Crippen LogP) is -0.721. The summed E-state index contributed by atoms with van der Waals surface area (Å²) < 4.78 is 28.3. The van der Waals surface area contributed by atoms with Gasteiger partial charge >= 0.3 is 0 Å². The van der Waals surface area contributed by atoms with Crippen LogP contribution >= 0.6 is 0 Å². The molecule has 5 rings (SSSR count). The van der Waals surface area contributed by atoms with Gasteiger partial charge in [0.1, 0.15) is 59.1 Å². The Kier molecular flexibility index (Phi) is 8.93. The van der Waals surface area contributed by atoms with Crippen LogP contribution in [0.1, 0.15) is 13.3 Å². The number of methoxy groups -OCH3 is 1. The van der Waals surface area contributed by atoms with Gasteiger partial charge in [0.25, 0.3) is 0 Å². The highest BCUT2D eigenvalue weighted by atomic mass is 16.7. The largest absolute Gasteiger partial charge is 0.508 e. The number of hydrogen-bond acceptors (Lipinski definition) is 15. The lowest BCUT2D eigenvalue weighted by Crippen LogP contribution is -2.63. The van der Waals surface area contributed by atoms with E-state index < -0.39 is 84.6 Å². The Morgan fingerprint density at radius 1 is 0.909 bits per heavy atom. The first-order valence-electron chi connectivity index (χ1n) is 13.7. The third kappa shape index (κ3) is 5.64. The molecule has 0 unspecified atom stereocenters. The maximum Gasteiger partial charge on any atom is 0.238 e. The summed E-state index contributed by atoms with van der Waals surface area (Å²) >= 11 is 0. The molecule has 2 fully saturated rings. The lowest BCUT2D eigenvalue weighted by molar-refractivity contribution is -0.303. The van der Waals surface area contributed by atoms with E-state index in [0.29, 0.717) is 0 Å². The molecule has 240 valence electrons. The quantitative estimate of drug-likeness (QED) is 0.158. The first kappa shape index (κ1) is 31.7. The van der Waals surface area contributed by atoms with Gasteiger partial charge in [0, 0.05) is 17.7 Å². The Bertz CT molecular complexity index is 1550. The molecule has 15 nitrogen and oxygen atoms in total. The third-order valence-corrected chi connectivity index (χ3v) is 8.02. The minimum Gasteiger partial charge on any atom is -0.508 e. The standard InChI is InChI=1S/C29H34O15/c1-10-5-17(21(34)23(36)20(10)33)42-28-18(9-30)44-29(26(39)25(28)38)43-14-4-3-11(6-15(14)40-2)27-24(37)22(35)19-13(32)7-12(31)8-16(19)41-27/h3-4,6-8,10,17-18,20-21,23,25-26,28-34,36-39H,5,9H2,1-2H3/t10-,17-,18+,20+,21-,23-,25+,26+,28+,29+/m1/s1. The van der Waals surface area contributed by atoms with E-state index in [9.17, 15) is 50.8 Å². The first-order chi connectivity index (χ1) is 20.9. The summed E-state index contributed by atoms with van der Waals surface area (Å²) in [6, 6.07) is 6.06. The molecule has 2 aromatic carbocycles. The van der Waals surface area contributed by atoms with Crippen molar-refractivity contribution in [3.05, 3.63) is 40.6 Å². The minimum atomic E-state index is -1.73. The molecule has 1 aliphatic carbocycles. The SMILES string of the molecule is COc1cc(-c2oc3cc(O)cc(O)c3c(=O)c2O)ccc1O[C@H]1O[C@@H](CO)[C@H](O[C@@H]2C[C@@H](C)[C@H](O)[C@@H](O)[C@@H]2O)[C@@H](O)[C@@H]1O. The second-order valence-corrected chi connectivity index (χ2v) is 11.0. The zero-order valence-electron chi connectivity index (χ0n) is 23.5. The maximum absolute atomic E-state index is 12.7. The fraction of sp³-hybridized carbons (Fsp3) is 0.483. The highest BCUT2D eigenvalue weighted by Gasteiger charge is 2.50. The summed E-state index contributed by atoms with van der Waals surface area (Å²) in [5.41, 5.74) is -1.01. The normalized spacial score (nSPS) is 32.5. The molecule has 15 heteroatoms. The molecular formula is C29H34O15. The van der Waals surface area contributed by atoms with Crippen molar-refractivity contribution in [3.63, 3.8) is 0 Å². The lowest BCUT2D eigenvalue weighted by atomic mass is 9.81. The third-order valence-electron chi connectivity index (χ3n) is 8.02. The number of aromatic hydroxyl groups is 3. The van der Waals surface area contributed by atoms with E-state index >= 15 is 0 Å². The highest BCUT2D eigenvalue weighted by molar-refractivity contribution is 5.88.